The molecule has 1 aliphatic rings. The Balaban J connectivity index is 1.45. The second-order valence-electron chi connectivity index (χ2n) is 8.68. The number of nitro groups is 1. The third-order valence-corrected chi connectivity index (χ3v) is 9.39. The van der Waals surface area contributed by atoms with Crippen molar-refractivity contribution in [2.45, 2.75) is 31.3 Å². The number of thiazole rings is 1. The van der Waals surface area contributed by atoms with Crippen molar-refractivity contribution in [1.82, 2.24) is 8.87 Å². The maximum atomic E-state index is 13.2. The summed E-state index contributed by atoms with van der Waals surface area (Å²) < 4.78 is 35.6. The fraction of sp³-hybridized carbons (Fsp3) is 0.231. The monoisotopic (exact) mass is 552 g/mol. The number of methoxy groups -OCH3 is 1. The molecule has 0 spiro atoms. The molecule has 12 heteroatoms. The molecule has 0 unspecified atom stereocenters. The number of ether oxygens (including phenoxy) is 1. The Morgan fingerprint density at radius 3 is 2.50 bits per heavy atom. The summed E-state index contributed by atoms with van der Waals surface area (Å²) in [6.45, 7) is 3.02. The largest absolute Gasteiger partial charge is 0.494 e. The number of hydrogen-bond acceptors (Lipinski definition) is 7. The van der Waals surface area contributed by atoms with Gasteiger partial charge in [0.1, 0.15) is 5.52 Å². The van der Waals surface area contributed by atoms with E-state index in [0.29, 0.717) is 46.8 Å². The third kappa shape index (κ3) is 4.62. The molecule has 10 nitrogen and oxygen atoms in total. The maximum absolute atomic E-state index is 13.2. The zero-order chi connectivity index (χ0) is 27.0. The number of nitrogens with zero attached hydrogens (tertiary/aromatic N) is 4. The van der Waals surface area contributed by atoms with Crippen LogP contribution in [0.2, 0.25) is 0 Å². The lowest BCUT2D eigenvalue weighted by atomic mass is 10.0. The van der Waals surface area contributed by atoms with E-state index in [1.54, 1.807) is 4.57 Å². The van der Waals surface area contributed by atoms with Crippen molar-refractivity contribution >= 4 is 43.2 Å². The molecular formula is C26H24N4O6S2. The highest BCUT2D eigenvalue weighted by atomic mass is 32.2. The van der Waals surface area contributed by atoms with Gasteiger partial charge in [0.15, 0.2) is 10.6 Å². The lowest BCUT2D eigenvalue weighted by Crippen LogP contribution is -2.35. The predicted octanol–water partition coefficient (Wildman–Crippen LogP) is 4.13. The molecule has 4 aromatic rings. The van der Waals surface area contributed by atoms with Gasteiger partial charge in [-0.1, -0.05) is 35.6 Å². The van der Waals surface area contributed by atoms with E-state index in [1.165, 1.54) is 47.8 Å². The van der Waals surface area contributed by atoms with Gasteiger partial charge in [0.2, 0.25) is 10.0 Å². The summed E-state index contributed by atoms with van der Waals surface area (Å²) >= 11 is 1.14. The number of hydrogen-bond donors (Lipinski definition) is 0. The maximum Gasteiger partial charge on any atom is 0.279 e. The summed E-state index contributed by atoms with van der Waals surface area (Å²) in [4.78, 5) is 28.5. The van der Waals surface area contributed by atoms with Crippen molar-refractivity contribution in [2.75, 3.05) is 13.7 Å². The number of carbonyl (C=O) groups excluding carboxylic acids is 1. The minimum atomic E-state index is -3.73. The highest BCUT2D eigenvalue weighted by Crippen LogP contribution is 2.33. The van der Waals surface area contributed by atoms with Crippen LogP contribution in [0.1, 0.15) is 28.4 Å². The average molecular weight is 553 g/mol. The molecule has 0 atom stereocenters. The van der Waals surface area contributed by atoms with E-state index in [9.17, 15) is 23.3 Å². The Labute approximate surface area is 222 Å². The highest BCUT2D eigenvalue weighted by molar-refractivity contribution is 7.89. The zero-order valence-corrected chi connectivity index (χ0v) is 22.3. The summed E-state index contributed by atoms with van der Waals surface area (Å²) in [7, 11) is -2.31. The van der Waals surface area contributed by atoms with E-state index in [0.717, 1.165) is 22.5 Å². The third-order valence-electron chi connectivity index (χ3n) is 6.51. The van der Waals surface area contributed by atoms with Gasteiger partial charge >= 0.3 is 0 Å². The Bertz CT molecular complexity index is 1740. The van der Waals surface area contributed by atoms with Crippen LogP contribution < -0.4 is 9.54 Å². The molecule has 0 radical (unpaired) electrons. The van der Waals surface area contributed by atoms with Crippen molar-refractivity contribution in [1.29, 1.82) is 0 Å². The average Bonchev–Trinajstić information content (AvgIpc) is 3.29. The molecule has 0 saturated carbocycles. The molecular weight excluding hydrogens is 528 g/mol. The fourth-order valence-corrected chi connectivity index (χ4v) is 7.11. The summed E-state index contributed by atoms with van der Waals surface area (Å²) in [5.41, 5.74) is 2.86. The Hall–Kier alpha value is -3.87. The molecule has 0 N–H and O–H groups in total. The van der Waals surface area contributed by atoms with Crippen LogP contribution in [0.3, 0.4) is 0 Å². The molecule has 38 heavy (non-hydrogen) atoms. The summed E-state index contributed by atoms with van der Waals surface area (Å²) in [5.74, 6) is -0.237. The van der Waals surface area contributed by atoms with Crippen molar-refractivity contribution in [3.63, 3.8) is 0 Å². The number of carbonyl (C=O) groups is 1. The van der Waals surface area contributed by atoms with E-state index in [1.807, 2.05) is 31.2 Å². The zero-order valence-electron chi connectivity index (χ0n) is 20.7. The SMILES string of the molecule is CCn1c(=NC(=O)c2ccc(S(=O)(=O)N3CCc4ccccc4C3)cc2)sc2cc([N+](=O)[O-])cc(OC)c21. The fourth-order valence-electron chi connectivity index (χ4n) is 4.54. The second kappa shape index (κ2) is 10.1. The molecule has 0 bridgehead atoms. The van der Waals surface area contributed by atoms with Crippen LogP contribution in [0.5, 0.6) is 5.75 Å². The number of fused-ring (bicyclic) bond motifs is 2. The molecule has 1 aliphatic heterocycles. The van der Waals surface area contributed by atoms with Gasteiger partial charge in [-0.3, -0.25) is 14.9 Å². The van der Waals surface area contributed by atoms with Gasteiger partial charge in [-0.25, -0.2) is 8.42 Å². The molecule has 5 rings (SSSR count). The van der Waals surface area contributed by atoms with Crippen LogP contribution in [0.25, 0.3) is 10.2 Å². The van der Waals surface area contributed by atoms with Gasteiger partial charge in [-0.15, -0.1) is 0 Å². The first-order chi connectivity index (χ1) is 18.2. The van der Waals surface area contributed by atoms with Gasteiger partial charge in [0, 0.05) is 31.3 Å². The number of benzene rings is 3. The Morgan fingerprint density at radius 2 is 1.84 bits per heavy atom. The first kappa shape index (κ1) is 25.8. The lowest BCUT2D eigenvalue weighted by Gasteiger charge is -2.28. The summed E-state index contributed by atoms with van der Waals surface area (Å²) in [5, 5.41) is 11.3. The van der Waals surface area contributed by atoms with Crippen LogP contribution in [0.15, 0.2) is 70.6 Å². The summed E-state index contributed by atoms with van der Waals surface area (Å²) in [6, 6.07) is 16.3. The molecule has 2 heterocycles. The number of aryl methyl sites for hydroxylation is 1. The first-order valence-corrected chi connectivity index (χ1v) is 14.1. The van der Waals surface area contributed by atoms with Crippen molar-refractivity contribution in [3.8, 4) is 5.75 Å². The Kier molecular flexibility index (Phi) is 6.86. The molecule has 1 amide bonds. The van der Waals surface area contributed by atoms with Gasteiger partial charge in [-0.05, 0) is 48.7 Å². The molecule has 0 saturated heterocycles. The number of sulfonamides is 1. The van der Waals surface area contributed by atoms with Gasteiger partial charge in [-0.2, -0.15) is 9.30 Å². The van der Waals surface area contributed by atoms with Crippen LogP contribution in [0, 0.1) is 10.1 Å². The number of non-ortho nitro benzene ring substituents is 1. The molecule has 3 aromatic carbocycles. The number of nitro benzene ring substituents is 1. The minimum Gasteiger partial charge on any atom is -0.494 e. The molecule has 1 aromatic heterocycles. The quantitative estimate of drug-likeness (QED) is 0.262. The van der Waals surface area contributed by atoms with Crippen molar-refractivity contribution < 1.29 is 22.9 Å². The van der Waals surface area contributed by atoms with Crippen molar-refractivity contribution in [3.05, 3.63) is 92.3 Å². The molecule has 0 fully saturated rings. The van der Waals surface area contributed by atoms with E-state index < -0.39 is 20.9 Å². The van der Waals surface area contributed by atoms with Gasteiger partial charge < -0.3 is 9.30 Å². The Morgan fingerprint density at radius 1 is 1.13 bits per heavy atom. The van der Waals surface area contributed by atoms with Crippen molar-refractivity contribution in [2.24, 2.45) is 4.99 Å². The van der Waals surface area contributed by atoms with Crippen LogP contribution in [0.4, 0.5) is 5.69 Å². The number of rotatable bonds is 6. The number of aromatic nitrogens is 1. The van der Waals surface area contributed by atoms with E-state index >= 15 is 0 Å². The van der Waals surface area contributed by atoms with Crippen LogP contribution >= 0.6 is 11.3 Å². The normalized spacial score (nSPS) is 14.4. The van der Waals surface area contributed by atoms with Crippen LogP contribution in [-0.4, -0.2) is 41.8 Å². The standard InChI is InChI=1S/C26H24N4O6S2/c1-3-29-24-22(36-2)14-20(30(32)33)15-23(24)37-26(29)27-25(31)18-8-10-21(11-9-18)38(34,35)28-13-12-17-6-4-5-7-19(17)16-28/h4-11,14-15H,3,12-13,16H2,1-2H3. The van der Waals surface area contributed by atoms with E-state index in [2.05, 4.69) is 4.99 Å². The second-order valence-corrected chi connectivity index (χ2v) is 11.6. The highest BCUT2D eigenvalue weighted by Gasteiger charge is 2.28. The van der Waals surface area contributed by atoms with E-state index in [-0.39, 0.29) is 16.1 Å². The predicted molar refractivity (Wildman–Crippen MR) is 143 cm³/mol. The molecule has 0 aliphatic carbocycles. The first-order valence-electron chi connectivity index (χ1n) is 11.8. The smallest absolute Gasteiger partial charge is 0.279 e. The number of amides is 1. The summed E-state index contributed by atoms with van der Waals surface area (Å²) in [6.07, 6.45) is 0.644. The van der Waals surface area contributed by atoms with Gasteiger partial charge in [0.05, 0.1) is 27.7 Å². The minimum absolute atomic E-state index is 0.107. The van der Waals surface area contributed by atoms with E-state index in [4.69, 9.17) is 4.74 Å². The lowest BCUT2D eigenvalue weighted by molar-refractivity contribution is -0.384. The van der Waals surface area contributed by atoms with Crippen LogP contribution in [-0.2, 0) is 29.5 Å². The molecule has 196 valence electrons. The topological polar surface area (TPSA) is 124 Å². The van der Waals surface area contributed by atoms with Gasteiger partial charge in [0.25, 0.3) is 11.6 Å².